The molecule has 1 aromatic carbocycles. The third-order valence-electron chi connectivity index (χ3n) is 1.76. The van der Waals surface area contributed by atoms with Gasteiger partial charge in [-0.1, -0.05) is 30.7 Å². The summed E-state index contributed by atoms with van der Waals surface area (Å²) in [5, 5.41) is 0.874. The van der Waals surface area contributed by atoms with Crippen LogP contribution >= 0.6 is 11.6 Å². The Morgan fingerprint density at radius 3 is 2.42 bits per heavy atom. The van der Waals surface area contributed by atoms with E-state index in [0.29, 0.717) is 0 Å². The van der Waals surface area contributed by atoms with Gasteiger partial charge in [0.2, 0.25) is 0 Å². The number of carbonyl (C=O) groups excluding carboxylic acids is 1. The molecule has 0 spiro atoms. The van der Waals surface area contributed by atoms with Crippen molar-refractivity contribution < 1.29 is 4.79 Å². The minimum Gasteiger partial charge on any atom is -0.307 e. The van der Waals surface area contributed by atoms with Crippen LogP contribution in [0.15, 0.2) is 18.2 Å². The highest BCUT2D eigenvalue weighted by Gasteiger charge is 1.97. The molecular weight excluding hydrogens is 172 g/mol. The van der Waals surface area contributed by atoms with E-state index in [1.165, 1.54) is 11.1 Å². The molecule has 0 bridgehead atoms. The van der Waals surface area contributed by atoms with Crippen LogP contribution < -0.4 is 0 Å². The smallest absolute Gasteiger partial charge is 0.106 e. The number of hydrogen-bond donors (Lipinski definition) is 0. The van der Waals surface area contributed by atoms with E-state index in [-0.39, 0.29) is 0 Å². The fraction of sp³-hybridized carbons (Fsp3) is 0.300. The van der Waals surface area contributed by atoms with Gasteiger partial charge in [0.25, 0.3) is 0 Å². The van der Waals surface area contributed by atoms with E-state index in [2.05, 4.69) is 19.9 Å². The van der Waals surface area contributed by atoms with Crippen molar-refractivity contribution in [2.45, 2.75) is 20.3 Å². The fourth-order valence-electron chi connectivity index (χ4n) is 1.04. The third kappa shape index (κ3) is 2.67. The highest BCUT2D eigenvalue weighted by atomic mass is 35.5. The van der Waals surface area contributed by atoms with E-state index in [4.69, 9.17) is 16.4 Å². The molecule has 0 aliphatic rings. The second-order valence-corrected chi connectivity index (χ2v) is 2.78. The van der Waals surface area contributed by atoms with Crippen LogP contribution in [0.4, 0.5) is 0 Å². The number of hydrogen-bond acceptors (Lipinski definition) is 1. The maximum atomic E-state index is 8.00. The monoisotopic (exact) mass is 184 g/mol. The van der Waals surface area contributed by atoms with Gasteiger partial charge >= 0.3 is 0 Å². The molecule has 0 amide bonds. The molecule has 0 aliphatic heterocycles. The van der Waals surface area contributed by atoms with Crippen LogP contribution in [0.5, 0.6) is 0 Å². The van der Waals surface area contributed by atoms with Gasteiger partial charge < -0.3 is 4.79 Å². The SMILES string of the molecule is C=O.CCc1cccc(Cl)c1C. The summed E-state index contributed by atoms with van der Waals surface area (Å²) in [6.07, 6.45) is 1.06. The van der Waals surface area contributed by atoms with E-state index in [9.17, 15) is 0 Å². The lowest BCUT2D eigenvalue weighted by atomic mass is 10.1. The lowest BCUT2D eigenvalue weighted by Gasteiger charge is -2.02. The van der Waals surface area contributed by atoms with E-state index >= 15 is 0 Å². The van der Waals surface area contributed by atoms with Gasteiger partial charge in [0, 0.05) is 5.02 Å². The molecule has 0 heterocycles. The topological polar surface area (TPSA) is 17.1 Å². The van der Waals surface area contributed by atoms with Gasteiger partial charge in [-0.05, 0) is 30.5 Å². The van der Waals surface area contributed by atoms with Crippen molar-refractivity contribution in [3.05, 3.63) is 34.3 Å². The van der Waals surface area contributed by atoms with Gasteiger partial charge in [-0.3, -0.25) is 0 Å². The Labute approximate surface area is 78.4 Å². The fourth-order valence-corrected chi connectivity index (χ4v) is 1.23. The van der Waals surface area contributed by atoms with Crippen molar-refractivity contribution in [3.63, 3.8) is 0 Å². The van der Waals surface area contributed by atoms with Gasteiger partial charge in [0.05, 0.1) is 0 Å². The number of rotatable bonds is 1. The first kappa shape index (κ1) is 11.2. The molecule has 0 N–H and O–H groups in total. The maximum Gasteiger partial charge on any atom is 0.106 e. The zero-order chi connectivity index (χ0) is 9.56. The van der Waals surface area contributed by atoms with E-state index < -0.39 is 0 Å². The molecule has 12 heavy (non-hydrogen) atoms. The Hall–Kier alpha value is -0.820. The first-order chi connectivity index (χ1) is 5.75. The van der Waals surface area contributed by atoms with Gasteiger partial charge in [-0.2, -0.15) is 0 Å². The molecule has 0 fully saturated rings. The molecule has 0 radical (unpaired) electrons. The average molecular weight is 185 g/mol. The van der Waals surface area contributed by atoms with Crippen molar-refractivity contribution in [2.75, 3.05) is 0 Å². The number of benzene rings is 1. The Balaban J connectivity index is 0.000000561. The normalized spacial score (nSPS) is 8.58. The molecule has 66 valence electrons. The van der Waals surface area contributed by atoms with E-state index in [0.717, 1.165) is 11.4 Å². The molecule has 0 saturated heterocycles. The van der Waals surface area contributed by atoms with Crippen LogP contribution in [-0.2, 0) is 11.2 Å². The Kier molecular flexibility index (Phi) is 5.39. The second-order valence-electron chi connectivity index (χ2n) is 2.38. The second kappa shape index (κ2) is 5.78. The number of aryl methyl sites for hydroxylation is 1. The highest BCUT2D eigenvalue weighted by Crippen LogP contribution is 2.18. The standard InChI is InChI=1S/C9H11Cl.CH2O/c1-3-8-5-4-6-9(10)7(8)2;1-2/h4-6H,3H2,1-2H3;1H2. The van der Waals surface area contributed by atoms with Crippen LogP contribution in [0, 0.1) is 6.92 Å². The maximum absolute atomic E-state index is 8.00. The van der Waals surface area contributed by atoms with Crippen LogP contribution in [0.25, 0.3) is 0 Å². The summed E-state index contributed by atoms with van der Waals surface area (Å²) in [7, 11) is 0. The van der Waals surface area contributed by atoms with Crippen LogP contribution in [0.2, 0.25) is 5.02 Å². The summed E-state index contributed by atoms with van der Waals surface area (Å²) in [6.45, 7) is 6.19. The first-order valence-electron chi connectivity index (χ1n) is 3.78. The van der Waals surface area contributed by atoms with Crippen LogP contribution in [0.1, 0.15) is 18.1 Å². The summed E-state index contributed by atoms with van der Waals surface area (Å²) < 4.78 is 0. The predicted molar refractivity (Wildman–Crippen MR) is 52.7 cm³/mol. The lowest BCUT2D eigenvalue weighted by Crippen LogP contribution is -1.85. The Morgan fingerprint density at radius 2 is 2.00 bits per heavy atom. The molecule has 1 rings (SSSR count). The zero-order valence-corrected chi connectivity index (χ0v) is 8.19. The van der Waals surface area contributed by atoms with Crippen molar-refractivity contribution in [1.29, 1.82) is 0 Å². The van der Waals surface area contributed by atoms with E-state index in [1.54, 1.807) is 0 Å². The highest BCUT2D eigenvalue weighted by molar-refractivity contribution is 6.31. The van der Waals surface area contributed by atoms with Gasteiger partial charge in [-0.15, -0.1) is 0 Å². The first-order valence-corrected chi connectivity index (χ1v) is 4.16. The van der Waals surface area contributed by atoms with Gasteiger partial charge in [0.15, 0.2) is 0 Å². The van der Waals surface area contributed by atoms with Crippen molar-refractivity contribution in [2.24, 2.45) is 0 Å². The molecule has 1 aromatic rings. The summed E-state index contributed by atoms with van der Waals surface area (Å²) in [5.74, 6) is 0. The quantitative estimate of drug-likeness (QED) is 0.656. The predicted octanol–water partition coefficient (Wildman–Crippen LogP) is 3.03. The molecule has 0 atom stereocenters. The Morgan fingerprint density at radius 1 is 1.42 bits per heavy atom. The number of carbonyl (C=O) groups is 1. The summed E-state index contributed by atoms with van der Waals surface area (Å²) in [5.41, 5.74) is 2.55. The lowest BCUT2D eigenvalue weighted by molar-refractivity contribution is -0.0979. The molecule has 0 aromatic heterocycles. The summed E-state index contributed by atoms with van der Waals surface area (Å²) in [6, 6.07) is 6.03. The molecule has 1 nitrogen and oxygen atoms in total. The van der Waals surface area contributed by atoms with Crippen molar-refractivity contribution in [3.8, 4) is 0 Å². The van der Waals surface area contributed by atoms with Gasteiger partial charge in [0.1, 0.15) is 6.79 Å². The third-order valence-corrected chi connectivity index (χ3v) is 2.17. The number of halogens is 1. The summed E-state index contributed by atoms with van der Waals surface area (Å²) >= 11 is 5.89. The largest absolute Gasteiger partial charge is 0.307 e. The molecule has 2 heteroatoms. The molecule has 0 saturated carbocycles. The van der Waals surface area contributed by atoms with Crippen molar-refractivity contribution in [1.82, 2.24) is 0 Å². The minimum absolute atomic E-state index is 0.874. The average Bonchev–Trinajstić information content (AvgIpc) is 2.13. The van der Waals surface area contributed by atoms with Crippen molar-refractivity contribution >= 4 is 18.4 Å². The van der Waals surface area contributed by atoms with Crippen LogP contribution in [0.3, 0.4) is 0 Å². The molecular formula is C10H13ClO. The summed E-state index contributed by atoms with van der Waals surface area (Å²) in [4.78, 5) is 8.00. The minimum atomic E-state index is 0.874. The molecule has 0 aliphatic carbocycles. The van der Waals surface area contributed by atoms with Crippen LogP contribution in [-0.4, -0.2) is 6.79 Å². The molecule has 0 unspecified atom stereocenters. The van der Waals surface area contributed by atoms with E-state index in [1.807, 2.05) is 18.9 Å². The van der Waals surface area contributed by atoms with Gasteiger partial charge in [-0.25, -0.2) is 0 Å². The Bertz CT molecular complexity index is 246. The zero-order valence-electron chi connectivity index (χ0n) is 7.43.